The molecule has 0 aromatic heterocycles. The second-order valence-corrected chi connectivity index (χ2v) is 7.83. The molecule has 0 aromatic rings. The van der Waals surface area contributed by atoms with Crippen molar-refractivity contribution in [2.24, 2.45) is 11.3 Å². The molecule has 0 unspecified atom stereocenters. The smallest absolute Gasteiger partial charge is 0.147 e. The third-order valence-corrected chi connectivity index (χ3v) is 6.09. The fourth-order valence-corrected chi connectivity index (χ4v) is 4.30. The van der Waals surface area contributed by atoms with Crippen LogP contribution in [-0.4, -0.2) is 50.7 Å². The molecule has 5 nitrogen and oxygen atoms in total. The predicted molar refractivity (Wildman–Crippen MR) is 101 cm³/mol. The molecule has 1 N–H and O–H groups in total. The summed E-state index contributed by atoms with van der Waals surface area (Å²) in [5, 5.41) is 9.05. The van der Waals surface area contributed by atoms with Gasteiger partial charge in [0, 0.05) is 20.1 Å². The molecule has 1 heterocycles. The molecule has 0 aromatic carbocycles. The number of ether oxygens (including phenoxy) is 3. The first-order valence-electron chi connectivity index (χ1n) is 9.65. The van der Waals surface area contributed by atoms with E-state index in [0.717, 1.165) is 32.0 Å². The van der Waals surface area contributed by atoms with Gasteiger partial charge in [-0.2, -0.15) is 0 Å². The molecular weight excluding hydrogens is 332 g/mol. The Labute approximate surface area is 157 Å². The van der Waals surface area contributed by atoms with Crippen LogP contribution >= 0.6 is 0 Å². The first-order chi connectivity index (χ1) is 12.5. The number of methoxy groups -OCH3 is 1. The van der Waals surface area contributed by atoms with Crippen LogP contribution in [0.1, 0.15) is 52.9 Å². The van der Waals surface area contributed by atoms with Crippen molar-refractivity contribution in [2.75, 3.05) is 27.1 Å². The van der Waals surface area contributed by atoms with Gasteiger partial charge in [0.2, 0.25) is 0 Å². The number of aliphatic hydroxyl groups excluding tert-OH is 1. The highest BCUT2D eigenvalue weighted by Crippen LogP contribution is 2.52. The number of carbonyl (C=O) groups is 1. The normalized spacial score (nSPS) is 32.0. The van der Waals surface area contributed by atoms with E-state index >= 15 is 0 Å². The van der Waals surface area contributed by atoms with E-state index in [0.29, 0.717) is 18.9 Å². The fourth-order valence-electron chi connectivity index (χ4n) is 4.30. The quantitative estimate of drug-likeness (QED) is 0.365. The van der Waals surface area contributed by atoms with Crippen molar-refractivity contribution < 1.29 is 24.1 Å². The van der Waals surface area contributed by atoms with Gasteiger partial charge in [0.05, 0.1) is 12.7 Å². The molecule has 4 atom stereocenters. The Bertz CT molecular complexity index is 539. The number of hydrogen-bond acceptors (Lipinski definition) is 5. The average molecular weight is 366 g/mol. The van der Waals surface area contributed by atoms with Gasteiger partial charge < -0.3 is 24.1 Å². The van der Waals surface area contributed by atoms with Gasteiger partial charge in [0.25, 0.3) is 0 Å². The number of allylic oxidation sites excluding steroid dienone is 1. The summed E-state index contributed by atoms with van der Waals surface area (Å²) in [6.45, 7) is 7.64. The molecule has 2 rings (SSSR count). The Hall–Kier alpha value is -1.01. The Balaban J connectivity index is 2.34. The molecule has 0 spiro atoms. The lowest BCUT2D eigenvalue weighted by Gasteiger charge is -2.44. The van der Waals surface area contributed by atoms with Crippen molar-refractivity contribution in [3.05, 3.63) is 22.8 Å². The zero-order valence-electron chi connectivity index (χ0n) is 16.6. The average Bonchev–Trinajstić information content (AvgIpc) is 3.05. The molecule has 0 amide bonds. The molecule has 0 bridgehead atoms. The molecule has 0 fully saturated rings. The standard InChI is InChI=1S/C21H34O5/c1-15(7-5-9-22)11-18-20-17(13-25-18)21(3,8-6-10-23)16(2)12-19(20)26-14-24-4/h10-11,16,18-19,22H,5-9,12-14H2,1-4H3/b15-11+/t16-,18+,19+,21+/m1/s1. The number of aldehydes is 1. The Morgan fingerprint density at radius 1 is 1.46 bits per heavy atom. The zero-order valence-corrected chi connectivity index (χ0v) is 16.6. The summed E-state index contributed by atoms with van der Waals surface area (Å²) in [6, 6.07) is 0. The number of carbonyl (C=O) groups excluding carboxylic acids is 1. The molecule has 0 saturated carbocycles. The maximum absolute atomic E-state index is 11.0. The van der Waals surface area contributed by atoms with Gasteiger partial charge in [0.1, 0.15) is 19.2 Å². The number of hydrogen-bond donors (Lipinski definition) is 1. The van der Waals surface area contributed by atoms with Gasteiger partial charge in [-0.15, -0.1) is 0 Å². The SMILES string of the molecule is COCO[C@H]1C[C@@H](C)[C@](C)(CCC=O)C2=C1[C@H](/C=C(\C)CCCO)OC2. The lowest BCUT2D eigenvalue weighted by atomic mass is 9.62. The predicted octanol–water partition coefficient (Wildman–Crippen LogP) is 3.41. The van der Waals surface area contributed by atoms with Crippen molar-refractivity contribution in [1.29, 1.82) is 0 Å². The van der Waals surface area contributed by atoms with Crippen molar-refractivity contribution in [1.82, 2.24) is 0 Å². The Morgan fingerprint density at radius 3 is 2.88 bits per heavy atom. The van der Waals surface area contributed by atoms with E-state index in [1.54, 1.807) is 7.11 Å². The van der Waals surface area contributed by atoms with Crippen LogP contribution in [0.5, 0.6) is 0 Å². The van der Waals surface area contributed by atoms with Crippen LogP contribution in [0, 0.1) is 11.3 Å². The van der Waals surface area contributed by atoms with Crippen LogP contribution in [-0.2, 0) is 19.0 Å². The molecule has 148 valence electrons. The molecule has 5 heteroatoms. The van der Waals surface area contributed by atoms with Gasteiger partial charge in [-0.25, -0.2) is 0 Å². The minimum absolute atomic E-state index is 0.0151. The summed E-state index contributed by atoms with van der Waals surface area (Å²) in [5.41, 5.74) is 3.70. The summed E-state index contributed by atoms with van der Waals surface area (Å²) < 4.78 is 17.3. The summed E-state index contributed by atoms with van der Waals surface area (Å²) >= 11 is 0. The Kier molecular flexibility index (Phi) is 8.02. The lowest BCUT2D eigenvalue weighted by Crippen LogP contribution is -2.40. The molecule has 0 radical (unpaired) electrons. The minimum Gasteiger partial charge on any atom is -0.396 e. The highest BCUT2D eigenvalue weighted by Gasteiger charge is 2.47. The molecule has 1 aliphatic heterocycles. The third kappa shape index (κ3) is 4.63. The summed E-state index contributed by atoms with van der Waals surface area (Å²) in [5.74, 6) is 0.407. The zero-order chi connectivity index (χ0) is 19.2. The molecule has 1 aliphatic carbocycles. The molecule has 26 heavy (non-hydrogen) atoms. The van der Waals surface area contributed by atoms with Gasteiger partial charge in [0.15, 0.2) is 0 Å². The highest BCUT2D eigenvalue weighted by molar-refractivity contribution is 5.50. The third-order valence-electron chi connectivity index (χ3n) is 6.09. The van der Waals surface area contributed by atoms with Crippen molar-refractivity contribution in [3.8, 4) is 0 Å². The first kappa shape index (κ1) is 21.3. The summed E-state index contributed by atoms with van der Waals surface area (Å²) in [6.07, 6.45) is 7.01. The van der Waals surface area contributed by atoms with Gasteiger partial charge in [-0.05, 0) is 55.1 Å². The van der Waals surface area contributed by atoms with Crippen LogP contribution in [0.25, 0.3) is 0 Å². The van der Waals surface area contributed by atoms with Crippen molar-refractivity contribution in [3.63, 3.8) is 0 Å². The van der Waals surface area contributed by atoms with Crippen LogP contribution in [0.2, 0.25) is 0 Å². The maximum atomic E-state index is 11.0. The van der Waals surface area contributed by atoms with Gasteiger partial charge >= 0.3 is 0 Å². The van der Waals surface area contributed by atoms with Crippen molar-refractivity contribution in [2.45, 2.75) is 65.1 Å². The maximum Gasteiger partial charge on any atom is 0.147 e. The number of rotatable bonds is 10. The highest BCUT2D eigenvalue weighted by atomic mass is 16.7. The van der Waals surface area contributed by atoms with Crippen LogP contribution in [0.3, 0.4) is 0 Å². The summed E-state index contributed by atoms with van der Waals surface area (Å²) in [7, 11) is 1.64. The van der Waals surface area contributed by atoms with Crippen LogP contribution < -0.4 is 0 Å². The largest absolute Gasteiger partial charge is 0.396 e. The molecular formula is C21H34O5. The topological polar surface area (TPSA) is 65.0 Å². The van der Waals surface area contributed by atoms with Gasteiger partial charge in [-0.3, -0.25) is 0 Å². The van der Waals surface area contributed by atoms with Gasteiger partial charge in [-0.1, -0.05) is 25.5 Å². The van der Waals surface area contributed by atoms with E-state index in [1.807, 2.05) is 0 Å². The second kappa shape index (κ2) is 9.79. The monoisotopic (exact) mass is 366 g/mol. The lowest BCUT2D eigenvalue weighted by molar-refractivity contribution is -0.108. The van der Waals surface area contributed by atoms with E-state index in [9.17, 15) is 4.79 Å². The van der Waals surface area contributed by atoms with Crippen LogP contribution in [0.15, 0.2) is 22.8 Å². The van der Waals surface area contributed by atoms with E-state index in [4.69, 9.17) is 19.3 Å². The minimum atomic E-state index is -0.0893. The Morgan fingerprint density at radius 2 is 2.23 bits per heavy atom. The second-order valence-electron chi connectivity index (χ2n) is 7.83. The van der Waals surface area contributed by atoms with E-state index in [-0.39, 0.29) is 31.0 Å². The fraction of sp³-hybridized carbons (Fsp3) is 0.762. The first-order valence-corrected chi connectivity index (χ1v) is 9.65. The molecule has 2 aliphatic rings. The van der Waals surface area contributed by atoms with E-state index < -0.39 is 0 Å². The van der Waals surface area contributed by atoms with Crippen LogP contribution in [0.4, 0.5) is 0 Å². The van der Waals surface area contributed by atoms with E-state index in [2.05, 4.69) is 26.8 Å². The van der Waals surface area contributed by atoms with E-state index in [1.165, 1.54) is 16.7 Å². The number of aliphatic hydroxyl groups is 1. The summed E-state index contributed by atoms with van der Waals surface area (Å²) in [4.78, 5) is 11.0. The van der Waals surface area contributed by atoms with Crippen molar-refractivity contribution >= 4 is 6.29 Å². The molecule has 0 saturated heterocycles.